The van der Waals surface area contributed by atoms with E-state index in [9.17, 15) is 9.59 Å². The minimum absolute atomic E-state index is 0.00422. The molecule has 0 bridgehead atoms. The van der Waals surface area contributed by atoms with Gasteiger partial charge in [-0.05, 0) is 31.4 Å². The number of carbonyl (C=O) groups is 2. The summed E-state index contributed by atoms with van der Waals surface area (Å²) in [5, 5.41) is 5.74. The molecule has 0 aromatic heterocycles. The molecule has 4 heteroatoms. The van der Waals surface area contributed by atoms with Crippen molar-refractivity contribution < 1.29 is 9.59 Å². The van der Waals surface area contributed by atoms with Gasteiger partial charge >= 0.3 is 0 Å². The lowest BCUT2D eigenvalue weighted by atomic mass is 10.1. The van der Waals surface area contributed by atoms with Crippen LogP contribution in [-0.4, -0.2) is 18.4 Å². The average molecular weight is 290 g/mol. The summed E-state index contributed by atoms with van der Waals surface area (Å²) in [5.74, 6) is 0.0964. The highest BCUT2D eigenvalue weighted by Crippen LogP contribution is 2.07. The first kappa shape index (κ1) is 17.2. The molecule has 21 heavy (non-hydrogen) atoms. The van der Waals surface area contributed by atoms with Crippen molar-refractivity contribution in [1.82, 2.24) is 5.32 Å². The van der Waals surface area contributed by atoms with E-state index in [0.717, 1.165) is 44.3 Å². The monoisotopic (exact) mass is 290 g/mol. The number of hydrogen-bond donors (Lipinski definition) is 2. The van der Waals surface area contributed by atoms with Gasteiger partial charge in [0.15, 0.2) is 0 Å². The summed E-state index contributed by atoms with van der Waals surface area (Å²) < 4.78 is 0. The van der Waals surface area contributed by atoms with Gasteiger partial charge in [-0.15, -0.1) is 0 Å². The van der Waals surface area contributed by atoms with Crippen LogP contribution in [0.5, 0.6) is 0 Å². The second-order valence-electron chi connectivity index (χ2n) is 5.18. The van der Waals surface area contributed by atoms with Gasteiger partial charge in [0.05, 0.1) is 0 Å². The summed E-state index contributed by atoms with van der Waals surface area (Å²) >= 11 is 0. The van der Waals surface area contributed by atoms with E-state index in [1.165, 1.54) is 0 Å². The second-order valence-corrected chi connectivity index (χ2v) is 5.18. The molecule has 0 saturated carbocycles. The van der Waals surface area contributed by atoms with Crippen LogP contribution in [0.3, 0.4) is 0 Å². The average Bonchev–Trinajstić information content (AvgIpc) is 2.49. The number of carbonyl (C=O) groups excluding carboxylic acids is 2. The predicted octanol–water partition coefficient (Wildman–Crippen LogP) is 3.49. The first-order valence-corrected chi connectivity index (χ1v) is 7.84. The fourth-order valence-electron chi connectivity index (χ4n) is 2.01. The van der Waals surface area contributed by atoms with Crippen molar-refractivity contribution >= 4 is 17.5 Å². The zero-order chi connectivity index (χ0) is 15.3. The van der Waals surface area contributed by atoms with Crippen LogP contribution in [0.2, 0.25) is 0 Å². The lowest BCUT2D eigenvalue weighted by Gasteiger charge is -2.06. The molecular formula is C17H26N2O2. The lowest BCUT2D eigenvalue weighted by molar-refractivity contribution is -0.121. The number of benzene rings is 1. The van der Waals surface area contributed by atoms with E-state index in [1.54, 1.807) is 0 Å². The van der Waals surface area contributed by atoms with E-state index in [1.807, 2.05) is 30.3 Å². The van der Waals surface area contributed by atoms with Gasteiger partial charge in [0.25, 0.3) is 0 Å². The minimum atomic E-state index is 0.00422. The third-order valence-electron chi connectivity index (χ3n) is 3.22. The van der Waals surface area contributed by atoms with Crippen LogP contribution in [-0.2, 0) is 9.59 Å². The van der Waals surface area contributed by atoms with Crippen LogP contribution in [0.15, 0.2) is 30.3 Å². The number of unbranched alkanes of at least 4 members (excludes halogenated alkanes) is 3. The van der Waals surface area contributed by atoms with Crippen LogP contribution in [0.4, 0.5) is 5.69 Å². The van der Waals surface area contributed by atoms with Crippen molar-refractivity contribution in [3.05, 3.63) is 30.3 Å². The Balaban J connectivity index is 2.03. The third kappa shape index (κ3) is 8.84. The number of para-hydroxylation sites is 1. The molecule has 0 aliphatic carbocycles. The van der Waals surface area contributed by atoms with Crippen LogP contribution in [0.25, 0.3) is 0 Å². The normalized spacial score (nSPS) is 10.1. The van der Waals surface area contributed by atoms with Crippen LogP contribution in [0, 0.1) is 0 Å². The standard InChI is InChI=1S/C17H26N2O2/c1-2-3-9-14-18-16(20)12-7-8-13-17(21)19-15-10-5-4-6-11-15/h4-6,10-11H,2-3,7-9,12-14H2,1H3,(H,18,20)(H,19,21). The Bertz CT molecular complexity index is 418. The maximum absolute atomic E-state index is 11.7. The highest BCUT2D eigenvalue weighted by molar-refractivity contribution is 5.90. The molecule has 0 aliphatic rings. The Morgan fingerprint density at radius 1 is 0.905 bits per heavy atom. The van der Waals surface area contributed by atoms with Crippen LogP contribution in [0.1, 0.15) is 51.9 Å². The number of hydrogen-bond acceptors (Lipinski definition) is 2. The Morgan fingerprint density at radius 2 is 1.57 bits per heavy atom. The van der Waals surface area contributed by atoms with E-state index in [0.29, 0.717) is 12.8 Å². The summed E-state index contributed by atoms with van der Waals surface area (Å²) in [7, 11) is 0. The molecule has 1 aromatic carbocycles. The zero-order valence-corrected chi connectivity index (χ0v) is 12.9. The SMILES string of the molecule is CCCCCNC(=O)CCCCC(=O)Nc1ccccc1. The van der Waals surface area contributed by atoms with E-state index in [4.69, 9.17) is 0 Å². The van der Waals surface area contributed by atoms with Gasteiger partial charge in [0.1, 0.15) is 0 Å². The molecule has 0 heterocycles. The topological polar surface area (TPSA) is 58.2 Å². The highest BCUT2D eigenvalue weighted by atomic mass is 16.2. The maximum Gasteiger partial charge on any atom is 0.224 e. The summed E-state index contributed by atoms with van der Waals surface area (Å²) in [6, 6.07) is 9.41. The van der Waals surface area contributed by atoms with Gasteiger partial charge in [-0.2, -0.15) is 0 Å². The predicted molar refractivity (Wildman–Crippen MR) is 86.1 cm³/mol. The summed E-state index contributed by atoms with van der Waals surface area (Å²) in [5.41, 5.74) is 0.816. The molecule has 0 spiro atoms. The largest absolute Gasteiger partial charge is 0.356 e. The maximum atomic E-state index is 11.7. The van der Waals surface area contributed by atoms with Gasteiger partial charge in [-0.25, -0.2) is 0 Å². The third-order valence-corrected chi connectivity index (χ3v) is 3.22. The number of anilines is 1. The molecule has 1 aromatic rings. The molecule has 2 amide bonds. The van der Waals surface area contributed by atoms with Gasteiger partial charge < -0.3 is 10.6 Å². The van der Waals surface area contributed by atoms with Crippen molar-refractivity contribution in [1.29, 1.82) is 0 Å². The molecule has 116 valence electrons. The van der Waals surface area contributed by atoms with E-state index in [2.05, 4.69) is 17.6 Å². The first-order chi connectivity index (χ1) is 10.2. The molecule has 0 radical (unpaired) electrons. The second kappa shape index (κ2) is 10.9. The quantitative estimate of drug-likeness (QED) is 0.648. The number of rotatable bonds is 10. The van der Waals surface area contributed by atoms with Crippen molar-refractivity contribution in [3.8, 4) is 0 Å². The molecule has 1 rings (SSSR count). The fraction of sp³-hybridized carbons (Fsp3) is 0.529. The summed E-state index contributed by atoms with van der Waals surface area (Å²) in [6.45, 7) is 2.91. The fourth-order valence-corrected chi connectivity index (χ4v) is 2.01. The van der Waals surface area contributed by atoms with Gasteiger partial charge in [-0.1, -0.05) is 38.0 Å². The highest BCUT2D eigenvalue weighted by Gasteiger charge is 2.04. The van der Waals surface area contributed by atoms with E-state index in [-0.39, 0.29) is 11.8 Å². The molecule has 2 N–H and O–H groups in total. The Hall–Kier alpha value is -1.84. The van der Waals surface area contributed by atoms with E-state index < -0.39 is 0 Å². The van der Waals surface area contributed by atoms with Gasteiger partial charge in [-0.3, -0.25) is 9.59 Å². The smallest absolute Gasteiger partial charge is 0.224 e. The molecule has 0 fully saturated rings. The van der Waals surface area contributed by atoms with Crippen LogP contribution < -0.4 is 10.6 Å². The lowest BCUT2D eigenvalue weighted by Crippen LogP contribution is -2.24. The molecule has 0 saturated heterocycles. The Morgan fingerprint density at radius 3 is 2.24 bits per heavy atom. The zero-order valence-electron chi connectivity index (χ0n) is 12.9. The summed E-state index contributed by atoms with van der Waals surface area (Å²) in [6.07, 6.45) is 5.81. The number of nitrogens with one attached hydrogen (secondary N) is 2. The molecular weight excluding hydrogens is 264 g/mol. The van der Waals surface area contributed by atoms with Gasteiger partial charge in [0.2, 0.25) is 11.8 Å². The van der Waals surface area contributed by atoms with Crippen molar-refractivity contribution in [3.63, 3.8) is 0 Å². The molecule has 0 aliphatic heterocycles. The van der Waals surface area contributed by atoms with Crippen LogP contribution >= 0.6 is 0 Å². The summed E-state index contributed by atoms with van der Waals surface area (Å²) in [4.78, 5) is 23.2. The Kier molecular flexibility index (Phi) is 8.93. The molecule has 4 nitrogen and oxygen atoms in total. The Labute approximate surface area is 127 Å². The van der Waals surface area contributed by atoms with Crippen molar-refractivity contribution in [2.75, 3.05) is 11.9 Å². The first-order valence-electron chi connectivity index (χ1n) is 7.84. The molecule has 0 unspecified atom stereocenters. The van der Waals surface area contributed by atoms with Crippen molar-refractivity contribution in [2.45, 2.75) is 51.9 Å². The minimum Gasteiger partial charge on any atom is -0.356 e. The van der Waals surface area contributed by atoms with Gasteiger partial charge in [0, 0.05) is 25.1 Å². The van der Waals surface area contributed by atoms with Crippen molar-refractivity contribution in [2.24, 2.45) is 0 Å². The van der Waals surface area contributed by atoms with E-state index >= 15 is 0 Å². The number of amides is 2. The molecule has 0 atom stereocenters.